The Morgan fingerprint density at radius 2 is 1.03 bits per heavy atom. The summed E-state index contributed by atoms with van der Waals surface area (Å²) in [6.45, 7) is 0.103. The van der Waals surface area contributed by atoms with Gasteiger partial charge in [-0.15, -0.1) is 0 Å². The molecular weight excluding hydrogens is 1090 g/mol. The second-order valence-electron chi connectivity index (χ2n) is 19.6. The molecule has 6 heterocycles. The van der Waals surface area contributed by atoms with E-state index in [2.05, 4.69) is 36.6 Å². The summed E-state index contributed by atoms with van der Waals surface area (Å²) in [7, 11) is 2.56. The van der Waals surface area contributed by atoms with Gasteiger partial charge in [0.1, 0.15) is 24.7 Å². The first-order chi connectivity index (χ1) is 37.6. The number of methoxy groups -OCH3 is 2. The van der Waals surface area contributed by atoms with Crippen LogP contribution < -0.4 is 26.6 Å². The van der Waals surface area contributed by atoms with Crippen LogP contribution in [0.15, 0.2) is 104 Å². The lowest BCUT2D eigenvalue weighted by Crippen LogP contribution is -2.64. The van der Waals surface area contributed by atoms with Crippen LogP contribution >= 0.6 is 46.4 Å². The van der Waals surface area contributed by atoms with E-state index in [0.29, 0.717) is 28.9 Å². The minimum absolute atomic E-state index is 0.0344. The maximum atomic E-state index is 13.7. The van der Waals surface area contributed by atoms with Crippen molar-refractivity contribution in [3.05, 3.63) is 152 Å². The molecule has 6 fully saturated rings. The molecule has 22 heteroatoms. The average Bonchev–Trinajstić information content (AvgIpc) is 3.48. The van der Waals surface area contributed by atoms with Gasteiger partial charge in [-0.3, -0.25) is 34.0 Å². The third-order valence-corrected chi connectivity index (χ3v) is 15.7. The fourth-order valence-electron chi connectivity index (χ4n) is 10.6. The Morgan fingerprint density at radius 3 is 1.46 bits per heavy atom. The lowest BCUT2D eigenvalue weighted by molar-refractivity contribution is -0.147. The highest BCUT2D eigenvalue weighted by Gasteiger charge is 2.49. The highest BCUT2D eigenvalue weighted by molar-refractivity contribution is 6.41. The lowest BCUT2D eigenvalue weighted by atomic mass is 9.74. The topological polar surface area (TPSA) is 236 Å². The Balaban J connectivity index is 0.000000213. The van der Waals surface area contributed by atoms with E-state index in [0.717, 1.165) is 62.5 Å². The Labute approximate surface area is 470 Å². The number of nitrogens with one attached hydrogen (secondary N) is 5. The van der Waals surface area contributed by atoms with Gasteiger partial charge in [0, 0.05) is 61.1 Å². The fraction of sp³-hybridized carbons (Fsp3) is 0.375. The Kier molecular flexibility index (Phi) is 19.6. The summed E-state index contributed by atoms with van der Waals surface area (Å²) in [6.07, 6.45) is 12.7. The first-order valence-corrected chi connectivity index (χ1v) is 27.0. The number of benzene rings is 3. The second kappa shape index (κ2) is 26.7. The van der Waals surface area contributed by atoms with Crippen LogP contribution in [0.3, 0.4) is 0 Å². The first kappa shape index (κ1) is 57.3. The SMILES string of the molecule is COC(=O)[C@H](Cc1ccc(NC(=O)c2c(Cl)cncc2Cl)cc1)NC(=O)C1C2CCC(CC2)N1C(=O)OCc1ccccc1.COC(=O)[C@H](Cc1ccc(NC(=O)c2c(Cl)cncc2Cl)cc1)NC(=O)C1NC2CCC1CC2. The molecule has 0 radical (unpaired) electrons. The van der Waals surface area contributed by atoms with Gasteiger partial charge in [0.25, 0.3) is 11.8 Å². The summed E-state index contributed by atoms with van der Waals surface area (Å²) in [6, 6.07) is 20.5. The number of rotatable bonds is 16. The van der Waals surface area contributed by atoms with Gasteiger partial charge in [0.2, 0.25) is 11.8 Å². The smallest absolute Gasteiger partial charge is 0.411 e. The van der Waals surface area contributed by atoms with Crippen molar-refractivity contribution >= 4 is 99.4 Å². The van der Waals surface area contributed by atoms with E-state index in [4.69, 9.17) is 60.6 Å². The average molecular weight is 1140 g/mol. The maximum absolute atomic E-state index is 13.7. The minimum Gasteiger partial charge on any atom is -0.467 e. The summed E-state index contributed by atoms with van der Waals surface area (Å²) >= 11 is 24.3. The van der Waals surface area contributed by atoms with Crippen molar-refractivity contribution in [3.63, 3.8) is 0 Å². The number of carbonyl (C=O) groups is 7. The highest BCUT2D eigenvalue weighted by Crippen LogP contribution is 2.40. The zero-order chi connectivity index (χ0) is 55.5. The van der Waals surface area contributed by atoms with Gasteiger partial charge in [-0.05, 0) is 104 Å². The van der Waals surface area contributed by atoms with Crippen molar-refractivity contribution in [2.24, 2.45) is 11.8 Å². The number of carbonyl (C=O) groups excluding carboxylic acids is 7. The van der Waals surface area contributed by atoms with Crippen LogP contribution in [0.25, 0.3) is 0 Å². The molecule has 4 bridgehead atoms. The zero-order valence-electron chi connectivity index (χ0n) is 42.6. The largest absolute Gasteiger partial charge is 0.467 e. The summed E-state index contributed by atoms with van der Waals surface area (Å²) in [4.78, 5) is 99.6. The fourth-order valence-corrected chi connectivity index (χ4v) is 11.7. The van der Waals surface area contributed by atoms with Crippen LogP contribution in [0, 0.1) is 11.8 Å². The Morgan fingerprint density at radius 1 is 0.577 bits per heavy atom. The molecule has 2 saturated carbocycles. The molecule has 0 spiro atoms. The number of piperidine rings is 4. The summed E-state index contributed by atoms with van der Waals surface area (Å²) in [5.41, 5.74) is 3.61. The number of aromatic nitrogens is 2. The van der Waals surface area contributed by atoms with Crippen molar-refractivity contribution < 1.29 is 47.8 Å². The van der Waals surface area contributed by atoms with Crippen LogP contribution in [0.5, 0.6) is 0 Å². The van der Waals surface area contributed by atoms with Crippen LogP contribution in [0.2, 0.25) is 20.1 Å². The van der Waals surface area contributed by atoms with E-state index in [1.165, 1.54) is 39.0 Å². The van der Waals surface area contributed by atoms with Gasteiger partial charge in [-0.1, -0.05) is 101 Å². The molecule has 410 valence electrons. The van der Waals surface area contributed by atoms with E-state index in [-0.39, 0.29) is 74.6 Å². The van der Waals surface area contributed by atoms with Crippen LogP contribution in [-0.4, -0.2) is 107 Å². The normalized spacial score (nSPS) is 20.6. The molecule has 4 aliphatic heterocycles. The molecule has 4 atom stereocenters. The molecular formula is C56H58Cl4N8O10. The second-order valence-corrected chi connectivity index (χ2v) is 21.2. The molecule has 2 unspecified atom stereocenters. The molecule has 5 N–H and O–H groups in total. The van der Waals surface area contributed by atoms with Crippen molar-refractivity contribution in [2.45, 2.75) is 107 Å². The molecule has 5 amide bonds. The molecule has 78 heavy (non-hydrogen) atoms. The number of halogens is 4. The van der Waals surface area contributed by atoms with E-state index < -0.39 is 53.9 Å². The zero-order valence-corrected chi connectivity index (χ0v) is 45.7. The van der Waals surface area contributed by atoms with E-state index in [1.54, 1.807) is 53.4 Å². The van der Waals surface area contributed by atoms with Gasteiger partial charge in [-0.25, -0.2) is 14.4 Å². The summed E-state index contributed by atoms with van der Waals surface area (Å²) in [5, 5.41) is 15.1. The summed E-state index contributed by atoms with van der Waals surface area (Å²) in [5.74, 6) is -2.39. The van der Waals surface area contributed by atoms with Gasteiger partial charge in [0.15, 0.2) is 0 Å². The molecule has 3 aromatic carbocycles. The predicted molar refractivity (Wildman–Crippen MR) is 293 cm³/mol. The Bertz CT molecular complexity index is 2940. The van der Waals surface area contributed by atoms with Crippen molar-refractivity contribution in [1.82, 2.24) is 30.8 Å². The van der Waals surface area contributed by atoms with Gasteiger partial charge < -0.3 is 40.8 Å². The number of pyridine rings is 2. The maximum Gasteiger partial charge on any atom is 0.411 e. The molecule has 5 aromatic rings. The number of esters is 2. The van der Waals surface area contributed by atoms with E-state index in [1.807, 2.05) is 30.3 Å². The van der Waals surface area contributed by atoms with E-state index in [9.17, 15) is 33.6 Å². The van der Waals surface area contributed by atoms with E-state index >= 15 is 0 Å². The van der Waals surface area contributed by atoms with Crippen molar-refractivity contribution in [2.75, 3.05) is 24.9 Å². The number of hydrogen-bond donors (Lipinski definition) is 5. The molecule has 18 nitrogen and oxygen atoms in total. The minimum atomic E-state index is -0.995. The highest BCUT2D eigenvalue weighted by atomic mass is 35.5. The first-order valence-electron chi connectivity index (χ1n) is 25.5. The van der Waals surface area contributed by atoms with Crippen LogP contribution in [-0.2, 0) is 52.8 Å². The molecule has 11 rings (SSSR count). The van der Waals surface area contributed by atoms with Crippen molar-refractivity contribution in [1.29, 1.82) is 0 Å². The number of hydrogen-bond acceptors (Lipinski definition) is 13. The number of nitrogens with zero attached hydrogens (tertiary/aromatic N) is 3. The van der Waals surface area contributed by atoms with Gasteiger partial charge in [-0.2, -0.15) is 0 Å². The third kappa shape index (κ3) is 14.3. The van der Waals surface area contributed by atoms with Gasteiger partial charge in [0.05, 0.1) is 51.5 Å². The molecule has 2 aliphatic carbocycles. The van der Waals surface area contributed by atoms with Crippen LogP contribution in [0.4, 0.5) is 16.2 Å². The molecule has 2 aromatic heterocycles. The number of amides is 5. The van der Waals surface area contributed by atoms with Gasteiger partial charge >= 0.3 is 18.0 Å². The van der Waals surface area contributed by atoms with Crippen LogP contribution in [0.1, 0.15) is 88.8 Å². The standard InChI is InChI=1S/C32H32Cl2N4O6.C24H26Cl2N4O4/c1-43-31(41)26(15-19-7-11-22(12-8-19)36-29(39)27-24(33)16-35-17-25(27)34)37-30(40)28-21-9-13-23(14-10-21)38(28)32(42)44-18-20-5-3-2-4-6-20;1-34-24(33)19(30-23(32)21-14-4-8-15(28-21)9-5-14)10-13-2-6-16(7-3-13)29-22(31)20-17(25)11-27-12-18(20)26/h2-8,11-12,16-17,21,23,26,28H,9-10,13-15,18H2,1H3,(H,36,39)(H,37,40);2-3,6-7,11-12,14-15,19,21,28H,4-5,8-10H2,1H3,(H,29,31)(H,30,32)/t21?,23?,26-,28?;14?,15?,19-,21?/m00/s1. The number of fused-ring (bicyclic) bond motifs is 6. The Hall–Kier alpha value is -6.83. The molecule has 4 saturated heterocycles. The number of anilines is 2. The summed E-state index contributed by atoms with van der Waals surface area (Å²) < 4.78 is 15.5. The number of ether oxygens (including phenoxy) is 3. The monoisotopic (exact) mass is 1140 g/mol. The van der Waals surface area contributed by atoms with Crippen molar-refractivity contribution in [3.8, 4) is 0 Å². The lowest BCUT2D eigenvalue weighted by Gasteiger charge is -2.49. The predicted octanol–water partition coefficient (Wildman–Crippen LogP) is 8.79. The molecule has 6 aliphatic rings. The quantitative estimate of drug-likeness (QED) is 0.0459. The third-order valence-electron chi connectivity index (χ3n) is 14.6.